The molecule has 1 heterocycles. The molecule has 0 saturated heterocycles. The van der Waals surface area contributed by atoms with E-state index >= 15 is 0 Å². The average molecular weight is 420 g/mol. The predicted octanol–water partition coefficient (Wildman–Crippen LogP) is 4.23. The number of ether oxygens (including phenoxy) is 2. The highest BCUT2D eigenvalue weighted by atomic mass is 35.5. The largest absolute Gasteiger partial charge is 0.463 e. The van der Waals surface area contributed by atoms with Crippen LogP contribution < -0.4 is 4.74 Å². The van der Waals surface area contributed by atoms with Gasteiger partial charge in [0, 0.05) is 5.02 Å². The number of ketones is 1. The van der Waals surface area contributed by atoms with Crippen LogP contribution in [-0.4, -0.2) is 33.1 Å². The van der Waals surface area contributed by atoms with Crippen molar-refractivity contribution in [1.82, 2.24) is 14.8 Å². The monoisotopic (exact) mass is 419 g/mol. The van der Waals surface area contributed by atoms with Crippen molar-refractivity contribution in [3.63, 3.8) is 0 Å². The molecule has 0 bridgehead atoms. The normalized spacial score (nSPS) is 17.3. The van der Waals surface area contributed by atoms with Gasteiger partial charge in [-0.1, -0.05) is 30.9 Å². The summed E-state index contributed by atoms with van der Waals surface area (Å²) in [5, 5.41) is 4.67. The van der Waals surface area contributed by atoms with Crippen LogP contribution in [0, 0.1) is 11.3 Å². The Kier molecular flexibility index (Phi) is 6.90. The number of carbonyl (C=O) groups excluding carboxylic acids is 2. The average Bonchev–Trinajstić information content (AvgIpc) is 3.26. The van der Waals surface area contributed by atoms with Crippen LogP contribution in [0.5, 0.6) is 5.75 Å². The fourth-order valence-electron chi connectivity index (χ4n) is 4.03. The molecule has 2 atom stereocenters. The Bertz CT molecular complexity index is 802. The summed E-state index contributed by atoms with van der Waals surface area (Å²) < 4.78 is 12.8. The van der Waals surface area contributed by atoms with E-state index in [4.69, 9.17) is 21.1 Å². The fraction of sp³-hybridized carbons (Fsp3) is 0.524. The molecule has 0 radical (unpaired) electrons. The Morgan fingerprint density at radius 1 is 1.24 bits per heavy atom. The van der Waals surface area contributed by atoms with Crippen molar-refractivity contribution in [2.45, 2.75) is 58.3 Å². The van der Waals surface area contributed by atoms with E-state index in [-0.39, 0.29) is 11.7 Å². The number of Topliss-reactive ketones (excluding diaryl/α,β-unsaturated/α-hetero) is 1. The van der Waals surface area contributed by atoms with Crippen LogP contribution in [0.1, 0.15) is 52.2 Å². The van der Waals surface area contributed by atoms with Gasteiger partial charge in [-0.25, -0.2) is 9.67 Å². The van der Waals surface area contributed by atoms with Gasteiger partial charge in [-0.3, -0.25) is 9.59 Å². The van der Waals surface area contributed by atoms with Gasteiger partial charge in [0.2, 0.25) is 5.78 Å². The first-order chi connectivity index (χ1) is 13.9. The molecule has 1 saturated carbocycles. The van der Waals surface area contributed by atoms with Crippen molar-refractivity contribution in [2.75, 3.05) is 0 Å². The minimum atomic E-state index is -1.05. The molecule has 2 aromatic rings. The van der Waals surface area contributed by atoms with E-state index < -0.39 is 17.7 Å². The number of aromatic nitrogens is 3. The highest BCUT2D eigenvalue weighted by molar-refractivity contribution is 6.30. The van der Waals surface area contributed by atoms with Gasteiger partial charge in [0.1, 0.15) is 24.5 Å². The number of benzene rings is 1. The molecule has 0 spiro atoms. The quantitative estimate of drug-likeness (QED) is 0.565. The molecular weight excluding hydrogens is 394 g/mol. The molecule has 8 heteroatoms. The Labute approximate surface area is 175 Å². The Balaban J connectivity index is 1.89. The molecule has 3 rings (SSSR count). The third-order valence-corrected chi connectivity index (χ3v) is 5.84. The standard InChI is InChI=1S/C21H26ClN3O4/c1-21(2,19(28-14-26)15-6-4-3-5-7-15)18(27)20(25-13-23-12-24-25)29-17-10-8-16(22)9-11-17/h8-15,19-20H,3-7H2,1-2H3. The molecule has 1 aliphatic carbocycles. The lowest BCUT2D eigenvalue weighted by atomic mass is 9.71. The molecule has 1 fully saturated rings. The molecule has 7 nitrogen and oxygen atoms in total. The van der Waals surface area contributed by atoms with Gasteiger partial charge in [0.25, 0.3) is 12.7 Å². The molecule has 0 N–H and O–H groups in total. The number of carbonyl (C=O) groups is 2. The molecule has 0 aliphatic heterocycles. The van der Waals surface area contributed by atoms with Crippen LogP contribution >= 0.6 is 11.6 Å². The molecular formula is C21H26ClN3O4. The van der Waals surface area contributed by atoms with Crippen molar-refractivity contribution in [2.24, 2.45) is 11.3 Å². The second kappa shape index (κ2) is 9.39. The van der Waals surface area contributed by atoms with E-state index in [1.54, 1.807) is 38.1 Å². The second-order valence-corrected chi connectivity index (χ2v) is 8.37. The van der Waals surface area contributed by atoms with Crippen molar-refractivity contribution < 1.29 is 19.1 Å². The van der Waals surface area contributed by atoms with Crippen molar-refractivity contribution in [1.29, 1.82) is 0 Å². The lowest BCUT2D eigenvalue weighted by molar-refractivity contribution is -0.159. The summed E-state index contributed by atoms with van der Waals surface area (Å²) >= 11 is 5.95. The maximum atomic E-state index is 13.7. The summed E-state index contributed by atoms with van der Waals surface area (Å²) in [4.78, 5) is 28.8. The van der Waals surface area contributed by atoms with Crippen molar-refractivity contribution >= 4 is 23.9 Å². The zero-order chi connectivity index (χ0) is 20.9. The van der Waals surface area contributed by atoms with Gasteiger partial charge < -0.3 is 9.47 Å². The van der Waals surface area contributed by atoms with E-state index in [1.807, 2.05) is 0 Å². The number of hydrogen-bond donors (Lipinski definition) is 0. The summed E-state index contributed by atoms with van der Waals surface area (Å²) in [7, 11) is 0. The summed E-state index contributed by atoms with van der Waals surface area (Å²) in [6, 6.07) is 6.75. The maximum Gasteiger partial charge on any atom is 0.293 e. The maximum absolute atomic E-state index is 13.7. The lowest BCUT2D eigenvalue weighted by Crippen LogP contribution is -2.48. The fourth-order valence-corrected chi connectivity index (χ4v) is 4.16. The molecule has 156 valence electrons. The topological polar surface area (TPSA) is 83.3 Å². The zero-order valence-corrected chi connectivity index (χ0v) is 17.4. The molecule has 1 aromatic heterocycles. The van der Waals surface area contributed by atoms with Gasteiger partial charge >= 0.3 is 0 Å². The van der Waals surface area contributed by atoms with E-state index in [2.05, 4.69) is 10.1 Å². The zero-order valence-electron chi connectivity index (χ0n) is 16.7. The van der Waals surface area contributed by atoms with E-state index in [0.29, 0.717) is 17.2 Å². The third-order valence-electron chi connectivity index (χ3n) is 5.59. The van der Waals surface area contributed by atoms with Gasteiger partial charge in [0.05, 0.1) is 5.41 Å². The lowest BCUT2D eigenvalue weighted by Gasteiger charge is -2.39. The summed E-state index contributed by atoms with van der Waals surface area (Å²) in [5.41, 5.74) is -0.980. The smallest absolute Gasteiger partial charge is 0.293 e. The first kappa shape index (κ1) is 21.3. The van der Waals surface area contributed by atoms with Crippen molar-refractivity contribution in [3.05, 3.63) is 41.9 Å². The van der Waals surface area contributed by atoms with E-state index in [1.165, 1.54) is 23.8 Å². The summed E-state index contributed by atoms with van der Waals surface area (Å²) in [6.45, 7) is 4.04. The SMILES string of the molecule is CC(C)(C(=O)C(Oc1ccc(Cl)cc1)n1cncn1)C(OC=O)C1CCCCC1. The molecule has 2 unspecified atom stereocenters. The Hall–Kier alpha value is -2.41. The second-order valence-electron chi connectivity index (χ2n) is 7.94. The number of halogens is 1. The third kappa shape index (κ3) is 4.96. The van der Waals surface area contributed by atoms with Crippen molar-refractivity contribution in [3.8, 4) is 5.75 Å². The number of rotatable bonds is 9. The highest BCUT2D eigenvalue weighted by Crippen LogP contribution is 2.39. The van der Waals surface area contributed by atoms with Gasteiger partial charge in [-0.2, -0.15) is 5.10 Å². The molecule has 0 amide bonds. The number of nitrogens with zero attached hydrogens (tertiary/aromatic N) is 3. The van der Waals surface area contributed by atoms with Crippen LogP contribution in [0.3, 0.4) is 0 Å². The van der Waals surface area contributed by atoms with Gasteiger partial charge in [0.15, 0.2) is 0 Å². The van der Waals surface area contributed by atoms with Crippen LogP contribution in [0.4, 0.5) is 0 Å². The van der Waals surface area contributed by atoms with Crippen LogP contribution in [0.15, 0.2) is 36.9 Å². The molecule has 29 heavy (non-hydrogen) atoms. The summed E-state index contributed by atoms with van der Waals surface area (Å²) in [6.07, 6.45) is 6.37. The van der Waals surface area contributed by atoms with Crippen LogP contribution in [0.25, 0.3) is 0 Å². The highest BCUT2D eigenvalue weighted by Gasteiger charge is 2.47. The Morgan fingerprint density at radius 2 is 1.93 bits per heavy atom. The van der Waals surface area contributed by atoms with Gasteiger partial charge in [-0.05, 0) is 56.9 Å². The molecule has 1 aromatic carbocycles. The van der Waals surface area contributed by atoms with Crippen LogP contribution in [-0.2, 0) is 14.3 Å². The predicted molar refractivity (Wildman–Crippen MR) is 107 cm³/mol. The van der Waals surface area contributed by atoms with Gasteiger partial charge in [-0.15, -0.1) is 0 Å². The van der Waals surface area contributed by atoms with E-state index in [0.717, 1.165) is 25.7 Å². The first-order valence-corrected chi connectivity index (χ1v) is 10.2. The first-order valence-electron chi connectivity index (χ1n) is 9.83. The minimum Gasteiger partial charge on any atom is -0.463 e. The van der Waals surface area contributed by atoms with Crippen LogP contribution in [0.2, 0.25) is 5.02 Å². The minimum absolute atomic E-state index is 0.139. The number of hydrogen-bond acceptors (Lipinski definition) is 6. The Morgan fingerprint density at radius 3 is 2.52 bits per heavy atom. The summed E-state index contributed by atoms with van der Waals surface area (Å²) in [5.74, 6) is 0.375. The van der Waals surface area contributed by atoms with E-state index in [9.17, 15) is 9.59 Å². The molecule has 1 aliphatic rings.